The van der Waals surface area contributed by atoms with Gasteiger partial charge in [0.05, 0.1) is 11.3 Å². The summed E-state index contributed by atoms with van der Waals surface area (Å²) in [6.45, 7) is 4.41. The molecular weight excluding hydrogens is 265 g/mol. The molecule has 1 aliphatic rings. The molecule has 2 N–H and O–H groups in total. The summed E-state index contributed by atoms with van der Waals surface area (Å²) in [5.74, 6) is 1.53. The first-order valence-corrected chi connectivity index (χ1v) is 7.06. The van der Waals surface area contributed by atoms with E-state index in [-0.39, 0.29) is 6.04 Å². The summed E-state index contributed by atoms with van der Waals surface area (Å²) in [4.78, 5) is 3.93. The normalized spacial score (nSPS) is 29.2. The molecule has 112 valence electrons. The lowest BCUT2D eigenvalue weighted by atomic mass is 9.73. The average Bonchev–Trinajstić information content (AvgIpc) is 2.36. The number of nitrogens with zero attached hydrogens (tertiary/aromatic N) is 1. The quantitative estimate of drug-likeness (QED) is 0.886. The van der Waals surface area contributed by atoms with Gasteiger partial charge in [-0.3, -0.25) is 4.98 Å². The number of nitrogens with two attached hydrogens (primary N) is 1. The lowest BCUT2D eigenvalue weighted by Crippen LogP contribution is -2.29. The van der Waals surface area contributed by atoms with Gasteiger partial charge < -0.3 is 5.73 Å². The van der Waals surface area contributed by atoms with E-state index in [2.05, 4.69) is 18.8 Å². The Morgan fingerprint density at radius 3 is 2.20 bits per heavy atom. The zero-order chi connectivity index (χ0) is 14.9. The van der Waals surface area contributed by atoms with Crippen molar-refractivity contribution in [2.24, 2.45) is 23.5 Å². The van der Waals surface area contributed by atoms with Crippen molar-refractivity contribution in [3.63, 3.8) is 0 Å². The zero-order valence-corrected chi connectivity index (χ0v) is 11.8. The fraction of sp³-hybridized carbons (Fsp3) is 0.667. The van der Waals surface area contributed by atoms with Crippen molar-refractivity contribution in [2.75, 3.05) is 0 Å². The minimum Gasteiger partial charge on any atom is -0.322 e. The molecule has 0 aliphatic heterocycles. The third-order valence-corrected chi connectivity index (χ3v) is 4.18. The molecule has 3 atom stereocenters. The first-order chi connectivity index (χ1) is 9.27. The Labute approximate surface area is 117 Å². The van der Waals surface area contributed by atoms with Crippen LogP contribution in [0.4, 0.5) is 13.2 Å². The van der Waals surface area contributed by atoms with Gasteiger partial charge in [0.25, 0.3) is 0 Å². The van der Waals surface area contributed by atoms with Gasteiger partial charge in [0.1, 0.15) is 0 Å². The molecule has 1 aliphatic carbocycles. The topological polar surface area (TPSA) is 38.9 Å². The monoisotopic (exact) mass is 286 g/mol. The minimum atomic E-state index is -4.34. The molecular formula is C15H21F3N2. The summed E-state index contributed by atoms with van der Waals surface area (Å²) in [5.41, 5.74) is 6.05. The zero-order valence-electron chi connectivity index (χ0n) is 11.8. The van der Waals surface area contributed by atoms with Gasteiger partial charge in [-0.25, -0.2) is 0 Å². The van der Waals surface area contributed by atoms with E-state index in [4.69, 9.17) is 5.73 Å². The van der Waals surface area contributed by atoms with Crippen LogP contribution in [-0.4, -0.2) is 4.98 Å². The molecule has 0 spiro atoms. The number of aromatic nitrogens is 1. The van der Waals surface area contributed by atoms with Crippen molar-refractivity contribution in [2.45, 2.75) is 45.3 Å². The summed E-state index contributed by atoms with van der Waals surface area (Å²) in [7, 11) is 0. The van der Waals surface area contributed by atoms with Crippen LogP contribution in [0.1, 0.15) is 50.4 Å². The van der Waals surface area contributed by atoms with Gasteiger partial charge in [0.2, 0.25) is 0 Å². The summed E-state index contributed by atoms with van der Waals surface area (Å²) >= 11 is 0. The molecule has 1 fully saturated rings. The molecule has 1 aromatic rings. The minimum absolute atomic E-state index is 0.275. The van der Waals surface area contributed by atoms with Crippen LogP contribution in [0.2, 0.25) is 0 Å². The van der Waals surface area contributed by atoms with Crippen molar-refractivity contribution >= 4 is 0 Å². The van der Waals surface area contributed by atoms with Crippen molar-refractivity contribution in [3.05, 3.63) is 29.6 Å². The van der Waals surface area contributed by atoms with Gasteiger partial charge in [-0.15, -0.1) is 0 Å². The number of hydrogen-bond donors (Lipinski definition) is 1. The third kappa shape index (κ3) is 3.51. The van der Waals surface area contributed by atoms with Crippen LogP contribution < -0.4 is 5.73 Å². The molecule has 1 heterocycles. The van der Waals surface area contributed by atoms with Crippen molar-refractivity contribution in [1.82, 2.24) is 4.98 Å². The van der Waals surface area contributed by atoms with Crippen LogP contribution in [0, 0.1) is 17.8 Å². The van der Waals surface area contributed by atoms with E-state index in [1.165, 1.54) is 12.5 Å². The van der Waals surface area contributed by atoms with Crippen LogP contribution in [0.25, 0.3) is 0 Å². The van der Waals surface area contributed by atoms with Gasteiger partial charge in [-0.2, -0.15) is 13.2 Å². The van der Waals surface area contributed by atoms with E-state index < -0.39 is 11.7 Å². The van der Waals surface area contributed by atoms with Gasteiger partial charge in [0.15, 0.2) is 0 Å². The SMILES string of the molecule is CC1CC(C)CC(C(N)c2ccc(C(F)(F)F)cn2)C1. The van der Waals surface area contributed by atoms with Crippen molar-refractivity contribution < 1.29 is 13.2 Å². The number of alkyl halides is 3. The first kappa shape index (κ1) is 15.3. The van der Waals surface area contributed by atoms with E-state index in [9.17, 15) is 13.2 Å². The van der Waals surface area contributed by atoms with Crippen LogP contribution in [0.5, 0.6) is 0 Å². The Morgan fingerprint density at radius 2 is 1.75 bits per heavy atom. The largest absolute Gasteiger partial charge is 0.417 e. The number of rotatable bonds is 2. The van der Waals surface area contributed by atoms with Gasteiger partial charge >= 0.3 is 6.18 Å². The molecule has 0 saturated heterocycles. The number of pyridine rings is 1. The van der Waals surface area contributed by atoms with E-state index in [1.54, 1.807) is 0 Å². The third-order valence-electron chi connectivity index (χ3n) is 4.18. The summed E-state index contributed by atoms with van der Waals surface area (Å²) in [6, 6.07) is 2.21. The standard InChI is InChI=1S/C15H21F3N2/c1-9-5-10(2)7-11(6-9)14(19)13-4-3-12(8-20-13)15(16,17)18/h3-4,8-11,14H,5-7,19H2,1-2H3. The summed E-state index contributed by atoms with van der Waals surface area (Å²) < 4.78 is 37.5. The summed E-state index contributed by atoms with van der Waals surface area (Å²) in [5, 5.41) is 0. The predicted octanol–water partition coefficient (Wildman–Crippen LogP) is 4.17. The molecule has 5 heteroatoms. The highest BCUT2D eigenvalue weighted by atomic mass is 19.4. The molecule has 1 aromatic heterocycles. The second-order valence-electron chi connectivity index (χ2n) is 6.17. The van der Waals surface area contributed by atoms with E-state index in [0.29, 0.717) is 23.4 Å². The Hall–Kier alpha value is -1.10. The maximum Gasteiger partial charge on any atom is 0.417 e. The van der Waals surface area contributed by atoms with E-state index >= 15 is 0 Å². The van der Waals surface area contributed by atoms with E-state index in [1.807, 2.05) is 0 Å². The molecule has 0 bridgehead atoms. The maximum atomic E-state index is 12.5. The highest BCUT2D eigenvalue weighted by Crippen LogP contribution is 2.38. The number of hydrogen-bond acceptors (Lipinski definition) is 2. The smallest absolute Gasteiger partial charge is 0.322 e. The second kappa shape index (κ2) is 5.72. The maximum absolute atomic E-state index is 12.5. The molecule has 2 nitrogen and oxygen atoms in total. The Morgan fingerprint density at radius 1 is 1.15 bits per heavy atom. The van der Waals surface area contributed by atoms with Gasteiger partial charge in [0, 0.05) is 12.2 Å². The van der Waals surface area contributed by atoms with Crippen molar-refractivity contribution in [3.8, 4) is 0 Å². The van der Waals surface area contributed by atoms with Crippen LogP contribution in [0.3, 0.4) is 0 Å². The molecule has 3 unspecified atom stereocenters. The Kier molecular flexibility index (Phi) is 4.37. The molecule has 0 amide bonds. The molecule has 20 heavy (non-hydrogen) atoms. The van der Waals surface area contributed by atoms with Crippen LogP contribution in [0.15, 0.2) is 18.3 Å². The highest BCUT2D eigenvalue weighted by molar-refractivity contribution is 5.19. The fourth-order valence-corrected chi connectivity index (χ4v) is 3.31. The Bertz CT molecular complexity index is 431. The van der Waals surface area contributed by atoms with Gasteiger partial charge in [-0.1, -0.05) is 13.8 Å². The molecule has 0 aromatic carbocycles. The molecule has 0 radical (unpaired) electrons. The Balaban J connectivity index is 2.11. The second-order valence-corrected chi connectivity index (χ2v) is 6.17. The van der Waals surface area contributed by atoms with E-state index in [0.717, 1.165) is 25.1 Å². The summed E-state index contributed by atoms with van der Waals surface area (Å²) in [6.07, 6.45) is -0.222. The first-order valence-electron chi connectivity index (χ1n) is 7.06. The van der Waals surface area contributed by atoms with Crippen LogP contribution in [-0.2, 0) is 6.18 Å². The highest BCUT2D eigenvalue weighted by Gasteiger charge is 2.32. The van der Waals surface area contributed by atoms with Gasteiger partial charge in [-0.05, 0) is 49.1 Å². The van der Waals surface area contributed by atoms with Crippen molar-refractivity contribution in [1.29, 1.82) is 0 Å². The average molecular weight is 286 g/mol. The lowest BCUT2D eigenvalue weighted by Gasteiger charge is -2.34. The van der Waals surface area contributed by atoms with Crippen LogP contribution >= 0.6 is 0 Å². The lowest BCUT2D eigenvalue weighted by molar-refractivity contribution is -0.137. The molecule has 2 rings (SSSR count). The predicted molar refractivity (Wildman–Crippen MR) is 71.8 cm³/mol. The fourth-order valence-electron chi connectivity index (χ4n) is 3.31. The molecule has 1 saturated carbocycles. The number of halogens is 3.